The number of cyclic esters (lactones) is 1. The highest BCUT2D eigenvalue weighted by molar-refractivity contribution is 5.69. The van der Waals surface area contributed by atoms with E-state index in [1.165, 1.54) is 5.56 Å². The van der Waals surface area contributed by atoms with Crippen LogP contribution in [0.5, 0.6) is 0 Å². The number of piperidine rings is 1. The fourth-order valence-electron chi connectivity index (χ4n) is 5.43. The zero-order valence-corrected chi connectivity index (χ0v) is 18.3. The molecule has 3 fully saturated rings. The number of aliphatic carboxylic acids is 1. The van der Waals surface area contributed by atoms with Gasteiger partial charge in [-0.1, -0.05) is 30.3 Å². The van der Waals surface area contributed by atoms with E-state index in [9.17, 15) is 14.7 Å². The van der Waals surface area contributed by atoms with Gasteiger partial charge in [-0.15, -0.1) is 0 Å². The second-order valence-corrected chi connectivity index (χ2v) is 9.09. The fraction of sp³-hybridized carbons (Fsp3) is 0.652. The summed E-state index contributed by atoms with van der Waals surface area (Å²) in [6.07, 6.45) is 2.61. The molecule has 0 bridgehead atoms. The van der Waals surface area contributed by atoms with Crippen molar-refractivity contribution in [1.82, 2.24) is 20.0 Å². The number of carboxylic acid groups (broad SMARTS) is 1. The summed E-state index contributed by atoms with van der Waals surface area (Å²) in [5.41, 5.74) is 1.30. The van der Waals surface area contributed by atoms with E-state index in [4.69, 9.17) is 4.74 Å². The van der Waals surface area contributed by atoms with E-state index < -0.39 is 5.97 Å². The second-order valence-electron chi connectivity index (χ2n) is 9.09. The van der Waals surface area contributed by atoms with Crippen LogP contribution in [0.4, 0.5) is 4.79 Å². The zero-order valence-electron chi connectivity index (χ0n) is 18.3. The third kappa shape index (κ3) is 5.37. The zero-order chi connectivity index (χ0) is 21.8. The molecule has 0 saturated carbocycles. The van der Waals surface area contributed by atoms with E-state index in [-0.39, 0.29) is 24.9 Å². The molecule has 3 aliphatic heterocycles. The first kappa shape index (κ1) is 22.0. The number of carbonyl (C=O) groups excluding carboxylic acids is 1. The van der Waals surface area contributed by atoms with Crippen LogP contribution in [-0.2, 0) is 16.0 Å². The van der Waals surface area contributed by atoms with Gasteiger partial charge in [-0.25, -0.2) is 4.79 Å². The molecule has 1 aromatic carbocycles. The highest BCUT2D eigenvalue weighted by Gasteiger charge is 2.42. The van der Waals surface area contributed by atoms with E-state index in [0.29, 0.717) is 31.5 Å². The van der Waals surface area contributed by atoms with Crippen molar-refractivity contribution in [3.63, 3.8) is 0 Å². The quantitative estimate of drug-likeness (QED) is 0.675. The maximum absolute atomic E-state index is 11.9. The second kappa shape index (κ2) is 9.97. The van der Waals surface area contributed by atoms with Crippen molar-refractivity contribution in [2.75, 3.05) is 52.9 Å². The number of piperazine rings is 1. The number of nitrogens with zero attached hydrogens (tertiary/aromatic N) is 3. The lowest BCUT2D eigenvalue weighted by atomic mass is 9.75. The Balaban J connectivity index is 1.58. The summed E-state index contributed by atoms with van der Waals surface area (Å²) in [6.45, 7) is 4.73. The molecule has 1 aromatic rings. The Morgan fingerprint density at radius 2 is 1.94 bits per heavy atom. The Labute approximate surface area is 184 Å². The Kier molecular flexibility index (Phi) is 7.09. The summed E-state index contributed by atoms with van der Waals surface area (Å²) < 4.78 is 5.59. The van der Waals surface area contributed by atoms with Crippen molar-refractivity contribution in [2.45, 2.75) is 31.5 Å². The summed E-state index contributed by atoms with van der Waals surface area (Å²) in [7, 11) is 1.76. The smallest absolute Gasteiger partial charge is 0.411 e. The Hall–Kier alpha value is -2.16. The minimum absolute atomic E-state index is 0.0547. The van der Waals surface area contributed by atoms with E-state index in [1.807, 2.05) is 6.07 Å². The molecule has 0 aromatic heterocycles. The summed E-state index contributed by atoms with van der Waals surface area (Å²) in [5, 5.41) is 13.0. The molecule has 31 heavy (non-hydrogen) atoms. The molecule has 0 aliphatic carbocycles. The minimum atomic E-state index is -0.783. The number of carboxylic acids is 1. The molecule has 8 nitrogen and oxygen atoms in total. The van der Waals surface area contributed by atoms with Crippen molar-refractivity contribution in [3.05, 3.63) is 35.9 Å². The summed E-state index contributed by atoms with van der Waals surface area (Å²) in [5.74, 6) is 0.104. The van der Waals surface area contributed by atoms with Crippen LogP contribution in [0.15, 0.2) is 30.3 Å². The average molecular weight is 431 g/mol. The first-order valence-corrected chi connectivity index (χ1v) is 11.4. The Morgan fingerprint density at radius 3 is 2.58 bits per heavy atom. The van der Waals surface area contributed by atoms with Crippen LogP contribution in [-0.4, -0.2) is 97.0 Å². The molecule has 3 heterocycles. The van der Waals surface area contributed by atoms with Crippen molar-refractivity contribution in [1.29, 1.82) is 0 Å². The highest BCUT2D eigenvalue weighted by Crippen LogP contribution is 2.33. The van der Waals surface area contributed by atoms with E-state index >= 15 is 0 Å². The lowest BCUT2D eigenvalue weighted by molar-refractivity contribution is -0.141. The maximum atomic E-state index is 11.9. The van der Waals surface area contributed by atoms with Crippen LogP contribution in [0.1, 0.15) is 18.4 Å². The van der Waals surface area contributed by atoms with Gasteiger partial charge in [0.15, 0.2) is 6.23 Å². The van der Waals surface area contributed by atoms with Gasteiger partial charge in [-0.3, -0.25) is 14.6 Å². The van der Waals surface area contributed by atoms with Crippen LogP contribution in [0.3, 0.4) is 0 Å². The molecule has 0 spiro atoms. The van der Waals surface area contributed by atoms with Gasteiger partial charge >= 0.3 is 12.1 Å². The number of amides is 1. The van der Waals surface area contributed by atoms with Crippen LogP contribution in [0.25, 0.3) is 0 Å². The number of nitrogens with one attached hydrogen (secondary N) is 1. The molecular weight excluding hydrogens is 396 g/mol. The number of carbonyl (C=O) groups is 2. The lowest BCUT2D eigenvalue weighted by Gasteiger charge is -2.48. The number of hydrogen-bond donors (Lipinski definition) is 2. The third-order valence-corrected chi connectivity index (χ3v) is 7.09. The van der Waals surface area contributed by atoms with Gasteiger partial charge in [0.05, 0.1) is 13.1 Å². The van der Waals surface area contributed by atoms with E-state index in [1.54, 1.807) is 11.9 Å². The maximum Gasteiger partial charge on any atom is 0.411 e. The standard InChI is InChI=1S/C23H34N4O4/c1-25-15-21(31-23(25)30)27-12-11-26(16-22(28)29)20(14-27)19(18-7-9-24-10-8-18)13-17-5-3-2-4-6-17/h2-6,18-21,24H,7-16H2,1H3,(H,28,29). The van der Waals surface area contributed by atoms with Gasteiger partial charge in [-0.2, -0.15) is 0 Å². The molecular formula is C23H34N4O4. The van der Waals surface area contributed by atoms with Crippen molar-refractivity contribution >= 4 is 12.1 Å². The molecule has 3 aliphatic rings. The van der Waals surface area contributed by atoms with E-state index in [0.717, 1.165) is 38.9 Å². The molecule has 170 valence electrons. The summed E-state index contributed by atoms with van der Waals surface area (Å²) >= 11 is 0. The fourth-order valence-corrected chi connectivity index (χ4v) is 5.43. The number of benzene rings is 1. The monoisotopic (exact) mass is 430 g/mol. The molecule has 3 atom stereocenters. The van der Waals surface area contributed by atoms with Crippen molar-refractivity contribution < 1.29 is 19.4 Å². The SMILES string of the molecule is CN1CC(N2CCN(CC(=O)O)C(C(Cc3ccccc3)C3CCNCC3)C2)OC1=O. The number of likely N-dealkylation sites (N-methyl/N-ethyl adjacent to an activating group) is 1. The Morgan fingerprint density at radius 1 is 1.19 bits per heavy atom. The van der Waals surface area contributed by atoms with Crippen LogP contribution >= 0.6 is 0 Å². The molecule has 0 radical (unpaired) electrons. The molecule has 8 heteroatoms. The lowest BCUT2D eigenvalue weighted by Crippen LogP contribution is -2.61. The molecule has 4 rings (SSSR count). The van der Waals surface area contributed by atoms with Gasteiger partial charge in [-0.05, 0) is 49.8 Å². The van der Waals surface area contributed by atoms with E-state index in [2.05, 4.69) is 39.4 Å². The van der Waals surface area contributed by atoms with Gasteiger partial charge < -0.3 is 20.1 Å². The topological polar surface area (TPSA) is 85.3 Å². The van der Waals surface area contributed by atoms with Crippen LogP contribution in [0, 0.1) is 11.8 Å². The van der Waals surface area contributed by atoms with Gasteiger partial charge in [0.2, 0.25) is 0 Å². The van der Waals surface area contributed by atoms with Gasteiger partial charge in [0.1, 0.15) is 0 Å². The number of hydrogen-bond acceptors (Lipinski definition) is 6. The first-order valence-electron chi connectivity index (χ1n) is 11.4. The third-order valence-electron chi connectivity index (χ3n) is 7.09. The predicted molar refractivity (Wildman–Crippen MR) is 117 cm³/mol. The minimum Gasteiger partial charge on any atom is -0.480 e. The molecule has 2 N–H and O–H groups in total. The molecule has 3 unspecified atom stereocenters. The van der Waals surface area contributed by atoms with Crippen LogP contribution in [0.2, 0.25) is 0 Å². The Bertz CT molecular complexity index is 755. The summed E-state index contributed by atoms with van der Waals surface area (Å²) in [4.78, 5) is 29.6. The van der Waals surface area contributed by atoms with Gasteiger partial charge in [0.25, 0.3) is 0 Å². The number of rotatable bonds is 7. The van der Waals surface area contributed by atoms with Crippen molar-refractivity contribution in [3.8, 4) is 0 Å². The highest BCUT2D eigenvalue weighted by atomic mass is 16.6. The molecule has 3 saturated heterocycles. The first-order chi connectivity index (χ1) is 15.0. The largest absolute Gasteiger partial charge is 0.480 e. The van der Waals surface area contributed by atoms with Crippen molar-refractivity contribution in [2.24, 2.45) is 11.8 Å². The summed E-state index contributed by atoms with van der Waals surface area (Å²) in [6, 6.07) is 10.6. The molecule has 1 amide bonds. The van der Waals surface area contributed by atoms with Crippen LogP contribution < -0.4 is 5.32 Å². The normalized spacial score (nSPS) is 27.3. The average Bonchev–Trinajstić information content (AvgIpc) is 3.12. The predicted octanol–water partition coefficient (Wildman–Crippen LogP) is 1.32. The number of ether oxygens (including phenoxy) is 1. The van der Waals surface area contributed by atoms with Gasteiger partial charge in [0, 0.05) is 32.7 Å².